The fraction of sp³-hybridized carbons (Fsp3) is 0.290. The molecule has 0 aliphatic heterocycles. The van der Waals surface area contributed by atoms with E-state index >= 15 is 0 Å². The number of benzene rings is 3. The number of hydrogen-bond acceptors (Lipinski definition) is 2. The van der Waals surface area contributed by atoms with Gasteiger partial charge in [-0.1, -0.05) is 55.1 Å². The molecule has 36 heavy (non-hydrogen) atoms. The molecule has 1 aliphatic rings. The minimum atomic E-state index is -0.848. The van der Waals surface area contributed by atoms with Crippen molar-refractivity contribution in [2.24, 2.45) is 5.92 Å². The Hall–Kier alpha value is -3.31. The Morgan fingerprint density at radius 3 is 2.42 bits per heavy atom. The van der Waals surface area contributed by atoms with Crippen LogP contribution in [0.3, 0.4) is 0 Å². The summed E-state index contributed by atoms with van der Waals surface area (Å²) in [7, 11) is 0. The number of halogens is 3. The van der Waals surface area contributed by atoms with Crippen molar-refractivity contribution < 1.29 is 23.0 Å². The van der Waals surface area contributed by atoms with Gasteiger partial charge in [-0.25, -0.2) is 13.2 Å². The summed E-state index contributed by atoms with van der Waals surface area (Å²) < 4.78 is 49.7. The van der Waals surface area contributed by atoms with Crippen molar-refractivity contribution in [1.82, 2.24) is 0 Å². The predicted octanol–water partition coefficient (Wildman–Crippen LogP) is 8.21. The monoisotopic (exact) mass is 492 g/mol. The molecule has 4 rings (SSSR count). The molecule has 1 aliphatic carbocycles. The first-order valence-electron chi connectivity index (χ1n) is 12.3. The van der Waals surface area contributed by atoms with Crippen molar-refractivity contribution in [1.29, 1.82) is 0 Å². The van der Waals surface area contributed by atoms with Gasteiger partial charge in [-0.15, -0.1) is 0 Å². The summed E-state index contributed by atoms with van der Waals surface area (Å²) in [5, 5.41) is 9.65. The zero-order valence-electron chi connectivity index (χ0n) is 20.4. The van der Waals surface area contributed by atoms with Gasteiger partial charge in [-0.2, -0.15) is 0 Å². The van der Waals surface area contributed by atoms with Gasteiger partial charge in [0.2, 0.25) is 0 Å². The molecular formula is C31H31F3O2. The second-order valence-corrected chi connectivity index (χ2v) is 9.35. The molecule has 0 heterocycles. The molecule has 0 radical (unpaired) electrons. The largest absolute Gasteiger partial charge is 0.489 e. The van der Waals surface area contributed by atoms with Crippen LogP contribution < -0.4 is 4.74 Å². The van der Waals surface area contributed by atoms with E-state index in [0.717, 1.165) is 36.8 Å². The number of allylic oxidation sites excluding steroid dienone is 2. The van der Waals surface area contributed by atoms with Crippen LogP contribution in [0.1, 0.15) is 55.4 Å². The topological polar surface area (TPSA) is 29.5 Å². The zero-order chi connectivity index (χ0) is 25.7. The molecule has 3 aromatic carbocycles. The molecule has 2 atom stereocenters. The third kappa shape index (κ3) is 5.90. The van der Waals surface area contributed by atoms with Crippen molar-refractivity contribution in [3.63, 3.8) is 0 Å². The van der Waals surface area contributed by atoms with Crippen molar-refractivity contribution >= 4 is 5.57 Å². The third-order valence-electron chi connectivity index (χ3n) is 6.86. The maximum Gasteiger partial charge on any atom is 0.166 e. The molecule has 0 fully saturated rings. The second kappa shape index (κ2) is 11.6. The lowest BCUT2D eigenvalue weighted by molar-refractivity contribution is 0.199. The van der Waals surface area contributed by atoms with Gasteiger partial charge in [-0.3, -0.25) is 0 Å². The van der Waals surface area contributed by atoms with Crippen LogP contribution in [-0.4, -0.2) is 11.7 Å². The second-order valence-electron chi connectivity index (χ2n) is 9.35. The molecule has 0 bridgehead atoms. The number of aryl methyl sites for hydroxylation is 1. The Labute approximate surface area is 210 Å². The minimum Gasteiger partial charge on any atom is -0.489 e. The van der Waals surface area contributed by atoms with E-state index in [1.165, 1.54) is 6.07 Å². The van der Waals surface area contributed by atoms with Crippen molar-refractivity contribution in [2.45, 2.75) is 45.1 Å². The van der Waals surface area contributed by atoms with Crippen LogP contribution in [-0.2, 0) is 6.42 Å². The van der Waals surface area contributed by atoms with Gasteiger partial charge in [0.05, 0.1) is 6.10 Å². The molecule has 3 aromatic rings. The summed E-state index contributed by atoms with van der Waals surface area (Å²) in [6, 6.07) is 15.0. The average Bonchev–Trinajstić information content (AvgIpc) is 2.89. The molecule has 0 saturated heterocycles. The number of hydrogen-bond donors (Lipinski definition) is 1. The Kier molecular flexibility index (Phi) is 8.32. The highest BCUT2D eigenvalue weighted by Crippen LogP contribution is 2.35. The van der Waals surface area contributed by atoms with Gasteiger partial charge >= 0.3 is 0 Å². The number of rotatable bonds is 9. The van der Waals surface area contributed by atoms with Crippen LogP contribution in [0.4, 0.5) is 13.2 Å². The van der Waals surface area contributed by atoms with Gasteiger partial charge in [0.15, 0.2) is 11.6 Å². The van der Waals surface area contributed by atoms with Crippen molar-refractivity contribution in [2.75, 3.05) is 6.61 Å². The minimum absolute atomic E-state index is 0.210. The Morgan fingerprint density at radius 2 is 1.78 bits per heavy atom. The van der Waals surface area contributed by atoms with Crippen LogP contribution in [0.25, 0.3) is 16.7 Å². The molecule has 2 unspecified atom stereocenters. The van der Waals surface area contributed by atoms with E-state index in [4.69, 9.17) is 4.74 Å². The maximum absolute atomic E-state index is 14.9. The number of aliphatic hydroxyl groups excluding tert-OH is 1. The number of ether oxygens (including phenoxy) is 1. The molecule has 0 amide bonds. The molecule has 5 heteroatoms. The van der Waals surface area contributed by atoms with Crippen LogP contribution in [0, 0.1) is 23.4 Å². The van der Waals surface area contributed by atoms with Crippen molar-refractivity contribution in [3.8, 4) is 16.9 Å². The average molecular weight is 493 g/mol. The third-order valence-corrected chi connectivity index (χ3v) is 6.86. The fourth-order valence-electron chi connectivity index (χ4n) is 4.70. The Morgan fingerprint density at radius 1 is 1.03 bits per heavy atom. The molecule has 188 valence electrons. The zero-order valence-corrected chi connectivity index (χ0v) is 20.4. The smallest absolute Gasteiger partial charge is 0.166 e. The molecule has 0 aromatic heterocycles. The summed E-state index contributed by atoms with van der Waals surface area (Å²) in [6.45, 7) is 5.57. The highest BCUT2D eigenvalue weighted by Gasteiger charge is 2.20. The van der Waals surface area contributed by atoms with Crippen molar-refractivity contribution in [3.05, 3.63) is 107 Å². The summed E-state index contributed by atoms with van der Waals surface area (Å²) in [4.78, 5) is 0. The first-order chi connectivity index (χ1) is 17.4. The van der Waals surface area contributed by atoms with Gasteiger partial charge in [0.1, 0.15) is 18.2 Å². The van der Waals surface area contributed by atoms with E-state index < -0.39 is 17.7 Å². The lowest BCUT2D eigenvalue weighted by atomic mass is 9.83. The standard InChI is InChI=1S/C31H31F3O2/c1-3-18-36-26-15-17-27(29(32)19-26)23-7-4-21(5-8-23)6-9-25-14-16-28(31(34)30(25)33)24-12-10-22(11-13-24)20(2)35/h3,7,10-17,19-21,35H,1,4-6,8-9,18H2,2H3. The quantitative estimate of drug-likeness (QED) is 0.305. The van der Waals surface area contributed by atoms with Gasteiger partial charge in [-0.05, 0) is 79.3 Å². The summed E-state index contributed by atoms with van der Waals surface area (Å²) in [5.41, 5.74) is 3.43. The fourth-order valence-corrected chi connectivity index (χ4v) is 4.70. The van der Waals surface area contributed by atoms with E-state index in [-0.39, 0.29) is 11.4 Å². The summed E-state index contributed by atoms with van der Waals surface area (Å²) >= 11 is 0. The van der Waals surface area contributed by atoms with Gasteiger partial charge < -0.3 is 9.84 Å². The maximum atomic E-state index is 14.9. The first-order valence-corrected chi connectivity index (χ1v) is 12.3. The van der Waals surface area contributed by atoms with Crippen LogP contribution >= 0.6 is 0 Å². The van der Waals surface area contributed by atoms with Gasteiger partial charge in [0.25, 0.3) is 0 Å². The van der Waals surface area contributed by atoms with E-state index in [1.54, 1.807) is 61.5 Å². The van der Waals surface area contributed by atoms with Gasteiger partial charge in [0, 0.05) is 17.2 Å². The van der Waals surface area contributed by atoms with E-state index in [1.807, 2.05) is 0 Å². The SMILES string of the molecule is C=CCOc1ccc(C2=CCC(CCc3ccc(-c4ccc(C(C)O)cc4)c(F)c3F)CC2)c(F)c1. The Bertz CT molecular complexity index is 1250. The molecule has 0 saturated carbocycles. The summed E-state index contributed by atoms with van der Waals surface area (Å²) in [5.74, 6) is -1.15. The van der Waals surface area contributed by atoms with E-state index in [0.29, 0.717) is 41.4 Å². The highest BCUT2D eigenvalue weighted by molar-refractivity contribution is 5.67. The summed E-state index contributed by atoms with van der Waals surface area (Å²) in [6.07, 6.45) is 6.64. The normalized spacial score (nSPS) is 16.4. The molecular weight excluding hydrogens is 461 g/mol. The lowest BCUT2D eigenvalue weighted by Gasteiger charge is -2.23. The molecule has 1 N–H and O–H groups in total. The predicted molar refractivity (Wildman–Crippen MR) is 138 cm³/mol. The molecule has 2 nitrogen and oxygen atoms in total. The van der Waals surface area contributed by atoms with Crippen LogP contribution in [0.2, 0.25) is 0 Å². The highest BCUT2D eigenvalue weighted by atomic mass is 19.2. The van der Waals surface area contributed by atoms with Crippen LogP contribution in [0.5, 0.6) is 5.75 Å². The lowest BCUT2D eigenvalue weighted by Crippen LogP contribution is -2.08. The number of aliphatic hydroxyl groups is 1. The van der Waals surface area contributed by atoms with Crippen LogP contribution in [0.15, 0.2) is 73.3 Å². The van der Waals surface area contributed by atoms with E-state index in [2.05, 4.69) is 12.7 Å². The molecule has 0 spiro atoms. The Balaban J connectivity index is 1.38. The van der Waals surface area contributed by atoms with E-state index in [9.17, 15) is 18.3 Å². The first kappa shape index (κ1) is 25.8.